The van der Waals surface area contributed by atoms with Gasteiger partial charge in [0.05, 0.1) is 45.3 Å². The van der Waals surface area contributed by atoms with Gasteiger partial charge in [-0.25, -0.2) is 14.2 Å². The number of nitrogens with zero attached hydrogens (tertiary/aromatic N) is 6. The summed E-state index contributed by atoms with van der Waals surface area (Å²) in [5, 5.41) is 22.0. The lowest BCUT2D eigenvalue weighted by atomic mass is 9.78. The maximum Gasteiger partial charge on any atom is 0.329 e. The fourth-order valence-electron chi connectivity index (χ4n) is 14.9. The lowest BCUT2D eigenvalue weighted by Gasteiger charge is -2.38. The first-order valence-corrected chi connectivity index (χ1v) is 35.6. The van der Waals surface area contributed by atoms with Crippen LogP contribution in [0.3, 0.4) is 0 Å². The van der Waals surface area contributed by atoms with Gasteiger partial charge < -0.3 is 52.0 Å². The molecular formula is C72H95FN12O12S. The minimum absolute atomic E-state index is 0.00387. The summed E-state index contributed by atoms with van der Waals surface area (Å²) in [6.07, 6.45) is 7.41. The van der Waals surface area contributed by atoms with E-state index in [0.717, 1.165) is 64.9 Å². The van der Waals surface area contributed by atoms with Crippen LogP contribution in [-0.4, -0.2) is 156 Å². The average Bonchev–Trinajstić information content (AvgIpc) is 1.61. The molecule has 4 saturated heterocycles. The second kappa shape index (κ2) is 31.7. The Labute approximate surface area is 574 Å². The molecule has 9 atom stereocenters. The van der Waals surface area contributed by atoms with Gasteiger partial charge in [0.15, 0.2) is 11.6 Å². The Kier molecular flexibility index (Phi) is 23.4. The van der Waals surface area contributed by atoms with E-state index in [1.165, 1.54) is 15.5 Å². The Balaban J connectivity index is 0.655. The number of benzene rings is 3. The molecule has 98 heavy (non-hydrogen) atoms. The van der Waals surface area contributed by atoms with Crippen LogP contribution in [0.15, 0.2) is 71.0 Å². The van der Waals surface area contributed by atoms with Crippen molar-refractivity contribution in [2.45, 2.75) is 211 Å². The van der Waals surface area contributed by atoms with E-state index < -0.39 is 95.1 Å². The summed E-state index contributed by atoms with van der Waals surface area (Å²) in [6, 6.07) is 12.3. The van der Waals surface area contributed by atoms with Crippen LogP contribution in [0.5, 0.6) is 5.75 Å². The van der Waals surface area contributed by atoms with Crippen molar-refractivity contribution in [1.82, 2.24) is 50.1 Å². The highest BCUT2D eigenvalue weighted by Crippen LogP contribution is 2.37. The Morgan fingerprint density at radius 1 is 0.847 bits per heavy atom. The Morgan fingerprint density at radius 3 is 2.29 bits per heavy atom. The number of carbonyl (C=O) groups is 9. The number of carbonyl (C=O) groups excluding carboxylic acids is 9. The van der Waals surface area contributed by atoms with E-state index in [1.807, 2.05) is 77.1 Å². The second-order valence-corrected chi connectivity index (χ2v) is 29.6. The van der Waals surface area contributed by atoms with Gasteiger partial charge in [-0.3, -0.25) is 57.6 Å². The molecule has 5 aromatic rings. The van der Waals surface area contributed by atoms with Gasteiger partial charge in [0.2, 0.25) is 53.2 Å². The lowest BCUT2D eigenvalue weighted by Crippen LogP contribution is -2.60. The van der Waals surface area contributed by atoms with Crippen molar-refractivity contribution in [2.75, 3.05) is 26.2 Å². The molecule has 26 heteroatoms. The Hall–Kier alpha value is -8.36. The molecule has 0 spiro atoms. The predicted octanol–water partition coefficient (Wildman–Crippen LogP) is 5.85. The number of nitrogens with one attached hydrogen (secondary N) is 4. The number of amides is 9. The number of imide groups is 1. The summed E-state index contributed by atoms with van der Waals surface area (Å²) >= 11 is 1.55. The highest BCUT2D eigenvalue weighted by atomic mass is 32.1. The van der Waals surface area contributed by atoms with Gasteiger partial charge in [-0.15, -0.1) is 11.3 Å². The van der Waals surface area contributed by atoms with Crippen LogP contribution in [0.1, 0.15) is 171 Å². The third kappa shape index (κ3) is 17.2. The third-order valence-electron chi connectivity index (χ3n) is 20.5. The summed E-state index contributed by atoms with van der Waals surface area (Å²) in [4.78, 5) is 144. The molecule has 1 aliphatic carbocycles. The number of nitrogens with two attached hydrogens (primary N) is 2. The molecule has 24 nitrogen and oxygen atoms in total. The molecule has 4 aliphatic heterocycles. The zero-order chi connectivity index (χ0) is 70.3. The zero-order valence-electron chi connectivity index (χ0n) is 57.0. The zero-order valence-corrected chi connectivity index (χ0v) is 57.8. The summed E-state index contributed by atoms with van der Waals surface area (Å²) in [7, 11) is 1.68. The molecule has 5 fully saturated rings. The van der Waals surface area contributed by atoms with Crippen molar-refractivity contribution < 1.29 is 57.4 Å². The largest absolute Gasteiger partial charge is 0.488 e. The first kappa shape index (κ1) is 72.4. The summed E-state index contributed by atoms with van der Waals surface area (Å²) < 4.78 is 25.2. The van der Waals surface area contributed by atoms with Crippen LogP contribution in [0, 0.1) is 30.0 Å². The number of β-amino-alcohol motifs (C(OH)–C–C–N with tert-alkyl or cyclic N) is 1. The molecular weight excluding hydrogens is 1280 g/mol. The number of hydrogen-bond acceptors (Lipinski definition) is 15. The van der Waals surface area contributed by atoms with Crippen molar-refractivity contribution in [3.63, 3.8) is 0 Å². The number of aliphatic hydroxyl groups is 1. The van der Waals surface area contributed by atoms with Gasteiger partial charge in [0, 0.05) is 64.8 Å². The number of aryl methyl sites for hydroxylation is 3. The molecule has 528 valence electrons. The number of piperidine rings is 1. The molecule has 10 rings (SSSR count). The van der Waals surface area contributed by atoms with Crippen LogP contribution in [0.2, 0.25) is 0 Å². The highest BCUT2D eigenvalue weighted by molar-refractivity contribution is 7.13. The number of fused-ring (bicyclic) bond motifs is 2. The molecule has 0 bridgehead atoms. The number of halogens is 1. The van der Waals surface area contributed by atoms with E-state index in [2.05, 4.69) is 26.3 Å². The van der Waals surface area contributed by atoms with Crippen molar-refractivity contribution in [3.05, 3.63) is 105 Å². The molecule has 9 amide bonds. The van der Waals surface area contributed by atoms with E-state index in [-0.39, 0.29) is 99.3 Å². The first-order chi connectivity index (χ1) is 46.7. The van der Waals surface area contributed by atoms with Crippen molar-refractivity contribution in [3.8, 4) is 16.2 Å². The molecule has 9 N–H and O–H groups in total. The smallest absolute Gasteiger partial charge is 0.329 e. The van der Waals surface area contributed by atoms with E-state index in [9.17, 15) is 53.1 Å². The number of rotatable bonds is 25. The molecule has 1 unspecified atom stereocenters. The minimum Gasteiger partial charge on any atom is -0.488 e. The number of aromatic nitrogens is 3. The quantitative estimate of drug-likeness (QED) is 0.0266. The number of likely N-dealkylation sites (tertiary alicyclic amines) is 1. The normalized spacial score (nSPS) is 23.1. The van der Waals surface area contributed by atoms with Gasteiger partial charge in [0.25, 0.3) is 0 Å². The maximum absolute atomic E-state index is 16.1. The molecule has 3 aromatic carbocycles. The standard InChI is InChI=1S/C72H95FN12O12S/c1-41(46-20-22-48(23-21-46)64-42(2)76-40-98-64)77-68(93)57-36-51(86)37-83(57)70(95)65(72(3,4)5)79-60(88)14-9-7-8-11-47-12-10-13-58(63(47)73)97-39-49(24-29-59(75)87)78-66(91)54-27-25-50-31-32-82(38-52(74)69(94)84(50)54)62(90)35-44-17-15-43(16-18-44)33-45-19-26-53-56(34-45)81(6)71(96)85(53)55-28-30-61(89)80-67(55)92/h10,12-13,19-23,26,34,40-41,43-44,49-52,54-55,57,65,86H,7-9,11,14-18,24-25,27-33,35-39,74H2,1-6H3,(H2,75,87)(H,77,93)(H,78,91)(H,79,88)(H,80,89,92)/t41-,43-,44+,49-,50+,51+,52-,54-,55?,57-,65+/m0/s1. The van der Waals surface area contributed by atoms with Crippen LogP contribution >= 0.6 is 11.3 Å². The fourth-order valence-corrected chi connectivity index (χ4v) is 15.7. The number of primary amides is 1. The summed E-state index contributed by atoms with van der Waals surface area (Å²) in [5.41, 5.74) is 18.5. The van der Waals surface area contributed by atoms with E-state index in [0.29, 0.717) is 74.9 Å². The van der Waals surface area contributed by atoms with Crippen molar-refractivity contribution >= 4 is 75.5 Å². The number of aliphatic hydroxyl groups excluding tert-OH is 1. The van der Waals surface area contributed by atoms with Gasteiger partial charge in [0.1, 0.15) is 36.8 Å². The van der Waals surface area contributed by atoms with Crippen LogP contribution in [0.4, 0.5) is 4.39 Å². The highest BCUT2D eigenvalue weighted by Gasteiger charge is 2.47. The third-order valence-corrected chi connectivity index (χ3v) is 21.5. The molecule has 5 aliphatic rings. The van der Waals surface area contributed by atoms with Gasteiger partial charge >= 0.3 is 5.69 Å². The van der Waals surface area contributed by atoms with Gasteiger partial charge in [-0.1, -0.05) is 69.7 Å². The number of hydrogen-bond donors (Lipinski definition) is 7. The maximum atomic E-state index is 16.1. The molecule has 6 heterocycles. The topological polar surface area (TPSA) is 333 Å². The second-order valence-electron chi connectivity index (χ2n) is 28.7. The van der Waals surface area contributed by atoms with Crippen LogP contribution in [0.25, 0.3) is 21.5 Å². The van der Waals surface area contributed by atoms with E-state index in [1.54, 1.807) is 50.4 Å². The van der Waals surface area contributed by atoms with Crippen LogP contribution < -0.4 is 43.2 Å². The van der Waals surface area contributed by atoms with E-state index in [4.69, 9.17) is 16.2 Å². The lowest BCUT2D eigenvalue weighted by molar-refractivity contribution is -0.145. The summed E-state index contributed by atoms with van der Waals surface area (Å²) in [5.74, 6) is -3.75. The first-order valence-electron chi connectivity index (χ1n) is 34.7. The van der Waals surface area contributed by atoms with Gasteiger partial charge in [-0.05, 0) is 155 Å². The molecule has 1 saturated carbocycles. The minimum atomic E-state index is -1.07. The van der Waals surface area contributed by atoms with Crippen molar-refractivity contribution in [1.29, 1.82) is 0 Å². The van der Waals surface area contributed by atoms with E-state index >= 15 is 4.39 Å². The predicted molar refractivity (Wildman–Crippen MR) is 366 cm³/mol. The number of thiazole rings is 1. The number of ether oxygens (including phenoxy) is 1. The monoisotopic (exact) mass is 1370 g/mol. The molecule has 2 aromatic heterocycles. The fraction of sp³-hybridized carbons (Fsp3) is 0.569. The average molecular weight is 1370 g/mol. The number of imidazole rings is 1. The molecule has 0 radical (unpaired) electrons. The van der Waals surface area contributed by atoms with Crippen molar-refractivity contribution in [2.24, 2.45) is 35.8 Å². The Morgan fingerprint density at radius 2 is 1.58 bits per heavy atom. The van der Waals surface area contributed by atoms with Crippen LogP contribution in [-0.2, 0) is 63.0 Å². The van der Waals surface area contributed by atoms with Gasteiger partial charge in [-0.2, -0.15) is 0 Å². The Bertz CT molecular complexity index is 3840. The SMILES string of the molecule is Cc1ncsc1-c1ccc([C@H](C)NC(=O)[C@@H]2C[C@@H](O)CN2C(=O)[C@@H](NC(=O)CCCCCc2cccc(OC[C@H](CCC(N)=O)NC(=O)[C@@H]3CC[C@@H]4CCN(C(=O)C[C@H]5CC[C@@H](Cc6ccc7c(c6)n(C)c(=O)n7C6CCC(=O)NC6=O)CC5)C[C@H](N)C(=O)N43)c2F)C(C)(C)C)cc1. The summed E-state index contributed by atoms with van der Waals surface area (Å²) in [6.45, 7) is 9.38. The number of unbranched alkanes of at least 4 members (excludes halogenated alkanes) is 2.